The van der Waals surface area contributed by atoms with E-state index >= 15 is 0 Å². The zero-order chi connectivity index (χ0) is 23.3. The molecule has 1 aliphatic rings. The monoisotopic (exact) mass is 500 g/mol. The van der Waals surface area contributed by atoms with Crippen LogP contribution in [0.4, 0.5) is 10.5 Å². The number of carbonyl (C=O) groups is 3. The topological polar surface area (TPSA) is 84.9 Å². The highest BCUT2D eigenvalue weighted by Crippen LogP contribution is 2.29. The van der Waals surface area contributed by atoms with E-state index in [0.29, 0.717) is 33.8 Å². The maximum Gasteiger partial charge on any atom is 0.335 e. The zero-order valence-corrected chi connectivity index (χ0v) is 19.8. The first-order valence-corrected chi connectivity index (χ1v) is 11.2. The molecule has 32 heavy (non-hydrogen) atoms. The number of unbranched alkanes of at least 4 members (excludes halogenated alkanes) is 1. The van der Waals surface area contributed by atoms with Crippen LogP contribution >= 0.6 is 15.9 Å². The van der Waals surface area contributed by atoms with Crippen molar-refractivity contribution in [2.45, 2.75) is 39.7 Å². The number of imide groups is 2. The minimum Gasteiger partial charge on any atom is -0.494 e. The number of nitrogens with zero attached hydrogens (tertiary/aromatic N) is 1. The van der Waals surface area contributed by atoms with Crippen LogP contribution < -0.4 is 19.7 Å². The van der Waals surface area contributed by atoms with Crippen LogP contribution in [-0.2, 0) is 9.59 Å². The third-order valence-corrected chi connectivity index (χ3v) is 5.21. The van der Waals surface area contributed by atoms with Crippen molar-refractivity contribution in [1.82, 2.24) is 5.32 Å². The second kappa shape index (κ2) is 10.5. The fourth-order valence-corrected chi connectivity index (χ4v) is 3.53. The Morgan fingerprint density at radius 2 is 1.81 bits per heavy atom. The average Bonchev–Trinajstić information content (AvgIpc) is 2.74. The van der Waals surface area contributed by atoms with Crippen molar-refractivity contribution < 1.29 is 23.9 Å². The van der Waals surface area contributed by atoms with Crippen molar-refractivity contribution >= 4 is 45.5 Å². The molecule has 1 N–H and O–H groups in total. The quantitative estimate of drug-likeness (QED) is 0.310. The van der Waals surface area contributed by atoms with Crippen molar-refractivity contribution in [1.29, 1.82) is 0 Å². The summed E-state index contributed by atoms with van der Waals surface area (Å²) in [6.07, 6.45) is 3.41. The molecule has 0 unspecified atom stereocenters. The van der Waals surface area contributed by atoms with Gasteiger partial charge in [0.1, 0.15) is 17.1 Å². The second-order valence-electron chi connectivity index (χ2n) is 7.51. The third kappa shape index (κ3) is 5.56. The molecule has 1 aliphatic heterocycles. The van der Waals surface area contributed by atoms with Crippen molar-refractivity contribution in [2.75, 3.05) is 11.5 Å². The Balaban J connectivity index is 1.84. The van der Waals surface area contributed by atoms with E-state index in [0.717, 1.165) is 17.7 Å². The van der Waals surface area contributed by atoms with Gasteiger partial charge in [-0.25, -0.2) is 9.69 Å². The normalized spacial score (nSPS) is 15.3. The number of rotatable bonds is 8. The summed E-state index contributed by atoms with van der Waals surface area (Å²) in [4.78, 5) is 38.8. The minimum atomic E-state index is -0.793. The highest BCUT2D eigenvalue weighted by molar-refractivity contribution is 9.10. The molecule has 0 radical (unpaired) electrons. The highest BCUT2D eigenvalue weighted by Gasteiger charge is 2.36. The van der Waals surface area contributed by atoms with Crippen LogP contribution in [0.3, 0.4) is 0 Å². The highest BCUT2D eigenvalue weighted by atomic mass is 79.9. The summed E-state index contributed by atoms with van der Waals surface area (Å²) in [5.74, 6) is -0.140. The van der Waals surface area contributed by atoms with E-state index in [-0.39, 0.29) is 11.7 Å². The maximum absolute atomic E-state index is 13.1. The van der Waals surface area contributed by atoms with Gasteiger partial charge in [0, 0.05) is 0 Å². The molecule has 168 valence electrons. The first kappa shape index (κ1) is 23.5. The van der Waals surface area contributed by atoms with Gasteiger partial charge in [-0.3, -0.25) is 14.9 Å². The Hall–Kier alpha value is -3.13. The predicted molar refractivity (Wildman–Crippen MR) is 126 cm³/mol. The van der Waals surface area contributed by atoms with Crippen molar-refractivity contribution in [3.05, 3.63) is 58.1 Å². The summed E-state index contributed by atoms with van der Waals surface area (Å²) in [5, 5.41) is 2.23. The van der Waals surface area contributed by atoms with Crippen LogP contribution in [0.2, 0.25) is 0 Å². The number of amides is 4. The van der Waals surface area contributed by atoms with Gasteiger partial charge >= 0.3 is 6.03 Å². The molecule has 0 spiro atoms. The lowest BCUT2D eigenvalue weighted by atomic mass is 10.1. The van der Waals surface area contributed by atoms with E-state index < -0.39 is 17.8 Å². The van der Waals surface area contributed by atoms with Gasteiger partial charge in [0.05, 0.1) is 22.9 Å². The van der Waals surface area contributed by atoms with Gasteiger partial charge in [-0.1, -0.05) is 19.4 Å². The standard InChI is InChI=1S/C24H25BrN2O5/c1-4-5-12-31-18-9-7-17(8-10-18)27-23(29)19(22(28)26-24(27)30)13-16-6-11-21(20(25)14-16)32-15(2)3/h6-11,13-15H,4-5,12H2,1-3H3,(H,26,28,30)/b19-13-. The van der Waals surface area contributed by atoms with Gasteiger partial charge in [-0.2, -0.15) is 0 Å². The number of barbiturate groups is 1. The molecular weight excluding hydrogens is 476 g/mol. The fourth-order valence-electron chi connectivity index (χ4n) is 3.04. The largest absolute Gasteiger partial charge is 0.494 e. The average molecular weight is 501 g/mol. The maximum atomic E-state index is 13.1. The molecule has 1 heterocycles. The summed E-state index contributed by atoms with van der Waals surface area (Å²) < 4.78 is 12.0. The summed E-state index contributed by atoms with van der Waals surface area (Å²) in [7, 11) is 0. The van der Waals surface area contributed by atoms with Crippen LogP contribution in [0.15, 0.2) is 52.5 Å². The lowest BCUT2D eigenvalue weighted by Gasteiger charge is -2.26. The number of hydrogen-bond donors (Lipinski definition) is 1. The Bertz CT molecular complexity index is 1050. The second-order valence-corrected chi connectivity index (χ2v) is 8.36. The first-order chi connectivity index (χ1) is 15.3. The van der Waals surface area contributed by atoms with E-state index in [9.17, 15) is 14.4 Å². The molecule has 8 heteroatoms. The van der Waals surface area contributed by atoms with Gasteiger partial charge in [0.25, 0.3) is 11.8 Å². The molecule has 0 atom stereocenters. The Labute approximate surface area is 195 Å². The fraction of sp³-hybridized carbons (Fsp3) is 0.292. The summed E-state index contributed by atoms with van der Waals surface area (Å²) >= 11 is 3.44. The molecule has 4 amide bonds. The predicted octanol–water partition coefficient (Wildman–Crippen LogP) is 5.08. The molecule has 0 aromatic heterocycles. The van der Waals surface area contributed by atoms with Crippen molar-refractivity contribution in [3.8, 4) is 11.5 Å². The molecule has 0 saturated carbocycles. The molecule has 3 rings (SSSR count). The van der Waals surface area contributed by atoms with Gasteiger partial charge in [0.15, 0.2) is 0 Å². The molecule has 7 nitrogen and oxygen atoms in total. The Morgan fingerprint density at radius 1 is 1.09 bits per heavy atom. The SMILES string of the molecule is CCCCOc1ccc(N2C(=O)NC(=O)/C(=C/c3ccc(OC(C)C)c(Br)c3)C2=O)cc1. The van der Waals surface area contributed by atoms with Crippen LogP contribution in [0.5, 0.6) is 11.5 Å². The van der Waals surface area contributed by atoms with Gasteiger partial charge < -0.3 is 9.47 Å². The van der Waals surface area contributed by atoms with Crippen LogP contribution in [0, 0.1) is 0 Å². The van der Waals surface area contributed by atoms with Gasteiger partial charge in [-0.05, 0) is 84.2 Å². The third-order valence-electron chi connectivity index (χ3n) is 4.59. The number of ether oxygens (including phenoxy) is 2. The zero-order valence-electron chi connectivity index (χ0n) is 18.2. The van der Waals surface area contributed by atoms with Crippen molar-refractivity contribution in [3.63, 3.8) is 0 Å². The molecular formula is C24H25BrN2O5. The van der Waals surface area contributed by atoms with Gasteiger partial charge in [0.2, 0.25) is 0 Å². The summed E-state index contributed by atoms with van der Waals surface area (Å²) in [6.45, 7) is 6.51. The number of halogens is 1. The number of carbonyl (C=O) groups excluding carboxylic acids is 3. The number of nitrogens with one attached hydrogen (secondary N) is 1. The van der Waals surface area contributed by atoms with E-state index in [1.54, 1.807) is 42.5 Å². The van der Waals surface area contributed by atoms with Crippen molar-refractivity contribution in [2.24, 2.45) is 0 Å². The molecule has 0 bridgehead atoms. The Morgan fingerprint density at radius 3 is 2.44 bits per heavy atom. The lowest BCUT2D eigenvalue weighted by Crippen LogP contribution is -2.54. The number of anilines is 1. The molecule has 2 aromatic carbocycles. The molecule has 2 aromatic rings. The Kier molecular flexibility index (Phi) is 7.69. The van der Waals surface area contributed by atoms with Gasteiger partial charge in [-0.15, -0.1) is 0 Å². The van der Waals surface area contributed by atoms with E-state index in [1.165, 1.54) is 6.08 Å². The van der Waals surface area contributed by atoms with E-state index in [1.807, 2.05) is 13.8 Å². The van der Waals surface area contributed by atoms with Crippen LogP contribution in [0.25, 0.3) is 6.08 Å². The summed E-state index contributed by atoms with van der Waals surface area (Å²) in [5.41, 5.74) is 0.813. The molecule has 0 aliphatic carbocycles. The number of benzene rings is 2. The first-order valence-electron chi connectivity index (χ1n) is 10.4. The lowest BCUT2D eigenvalue weighted by molar-refractivity contribution is -0.122. The smallest absolute Gasteiger partial charge is 0.335 e. The molecule has 1 saturated heterocycles. The summed E-state index contributed by atoms with van der Waals surface area (Å²) in [6, 6.07) is 11.0. The van der Waals surface area contributed by atoms with Crippen LogP contribution in [-0.4, -0.2) is 30.6 Å². The van der Waals surface area contributed by atoms with E-state index in [4.69, 9.17) is 9.47 Å². The minimum absolute atomic E-state index is 0.00390. The number of hydrogen-bond acceptors (Lipinski definition) is 5. The van der Waals surface area contributed by atoms with E-state index in [2.05, 4.69) is 28.2 Å². The van der Waals surface area contributed by atoms with Crippen LogP contribution in [0.1, 0.15) is 39.2 Å². The number of urea groups is 1. The molecule has 1 fully saturated rings.